The van der Waals surface area contributed by atoms with E-state index in [0.717, 1.165) is 21.4 Å². The van der Waals surface area contributed by atoms with Gasteiger partial charge in [-0.2, -0.15) is 0 Å². The molecule has 0 saturated heterocycles. The Hall–Kier alpha value is -2.58. The molecule has 0 aliphatic heterocycles. The summed E-state index contributed by atoms with van der Waals surface area (Å²) >= 11 is 3.01. The molecule has 0 radical (unpaired) electrons. The number of thioether (sulfide) groups is 1. The number of thiazole rings is 1. The Balaban J connectivity index is 1.73. The first-order valence-corrected chi connectivity index (χ1v) is 10.6. The second-order valence-electron chi connectivity index (χ2n) is 5.86. The Bertz CT molecular complexity index is 916. The summed E-state index contributed by atoms with van der Waals surface area (Å²) in [6.45, 7) is 2.39. The number of aromatic nitrogens is 2. The molecule has 2 aromatic heterocycles. The number of rotatable bonds is 9. The molecule has 1 N–H and O–H groups in total. The number of anilines is 2. The van der Waals surface area contributed by atoms with Gasteiger partial charge < -0.3 is 14.8 Å². The van der Waals surface area contributed by atoms with E-state index in [4.69, 9.17) is 4.74 Å². The summed E-state index contributed by atoms with van der Waals surface area (Å²) in [6.07, 6.45) is 0.337. The highest BCUT2D eigenvalue weighted by Gasteiger charge is 2.11. The van der Waals surface area contributed by atoms with Crippen molar-refractivity contribution in [3.05, 3.63) is 59.1 Å². The number of benzene rings is 1. The maximum absolute atomic E-state index is 11.3. The number of ether oxygens (including phenoxy) is 2. The Kier molecular flexibility index (Phi) is 7.27. The van der Waals surface area contributed by atoms with E-state index in [0.29, 0.717) is 30.3 Å². The molecule has 2 heterocycles. The molecule has 1 aromatic carbocycles. The second-order valence-corrected chi connectivity index (χ2v) is 7.84. The fourth-order valence-electron chi connectivity index (χ4n) is 2.30. The van der Waals surface area contributed by atoms with Crippen molar-refractivity contribution in [2.75, 3.05) is 18.2 Å². The highest BCUT2D eigenvalue weighted by atomic mass is 32.2. The lowest BCUT2D eigenvalue weighted by Crippen LogP contribution is -2.03. The van der Waals surface area contributed by atoms with Crippen LogP contribution >= 0.6 is 23.1 Å². The van der Waals surface area contributed by atoms with Gasteiger partial charge in [0, 0.05) is 11.1 Å². The third-order valence-corrected chi connectivity index (χ3v) is 5.50. The van der Waals surface area contributed by atoms with Crippen molar-refractivity contribution in [1.29, 1.82) is 0 Å². The van der Waals surface area contributed by atoms with Crippen LogP contribution in [-0.2, 0) is 16.1 Å². The molecule has 6 nitrogen and oxygen atoms in total. The lowest BCUT2D eigenvalue weighted by Gasteiger charge is -2.12. The van der Waals surface area contributed by atoms with Gasteiger partial charge in [-0.05, 0) is 24.6 Å². The zero-order chi connectivity index (χ0) is 19.8. The number of aryl methyl sites for hydroxylation is 1. The quantitative estimate of drug-likeness (QED) is 0.396. The first-order valence-electron chi connectivity index (χ1n) is 8.70. The van der Waals surface area contributed by atoms with Crippen LogP contribution in [0.2, 0.25) is 0 Å². The molecule has 0 fully saturated rings. The van der Waals surface area contributed by atoms with Crippen molar-refractivity contribution in [3.63, 3.8) is 0 Å². The number of esters is 1. The largest absolute Gasteiger partial charge is 0.485 e. The minimum absolute atomic E-state index is 0.230. The van der Waals surface area contributed by atoms with E-state index in [-0.39, 0.29) is 5.97 Å². The van der Waals surface area contributed by atoms with Crippen LogP contribution in [0.4, 0.5) is 10.9 Å². The van der Waals surface area contributed by atoms with Crippen molar-refractivity contribution in [2.45, 2.75) is 25.0 Å². The highest BCUT2D eigenvalue weighted by molar-refractivity contribution is 7.99. The van der Waals surface area contributed by atoms with Gasteiger partial charge in [-0.25, -0.2) is 9.97 Å². The Morgan fingerprint density at radius 3 is 2.71 bits per heavy atom. The molecule has 0 saturated carbocycles. The third-order valence-electron chi connectivity index (χ3n) is 3.70. The summed E-state index contributed by atoms with van der Waals surface area (Å²) in [5, 5.41) is 6.77. The van der Waals surface area contributed by atoms with E-state index in [2.05, 4.69) is 20.0 Å². The zero-order valence-electron chi connectivity index (χ0n) is 15.7. The van der Waals surface area contributed by atoms with Gasteiger partial charge >= 0.3 is 5.97 Å². The molecule has 0 unspecified atom stereocenters. The summed E-state index contributed by atoms with van der Waals surface area (Å²) in [6, 6.07) is 13.7. The number of hydrogen-bond donors (Lipinski definition) is 1. The Labute approximate surface area is 172 Å². The van der Waals surface area contributed by atoms with Crippen LogP contribution in [0.5, 0.6) is 5.75 Å². The van der Waals surface area contributed by atoms with Gasteiger partial charge in [0.15, 0.2) is 16.7 Å². The first-order chi connectivity index (χ1) is 13.6. The molecule has 0 aliphatic rings. The highest BCUT2D eigenvalue weighted by Crippen LogP contribution is 2.31. The van der Waals surface area contributed by atoms with Gasteiger partial charge in [0.1, 0.15) is 6.61 Å². The maximum atomic E-state index is 11.3. The zero-order valence-corrected chi connectivity index (χ0v) is 17.3. The topological polar surface area (TPSA) is 73.3 Å². The van der Waals surface area contributed by atoms with Crippen molar-refractivity contribution in [2.24, 2.45) is 0 Å². The van der Waals surface area contributed by atoms with Gasteiger partial charge in [-0.1, -0.05) is 30.3 Å². The maximum Gasteiger partial charge on any atom is 0.306 e. The molecule has 3 aromatic rings. The number of carbonyl (C=O) groups is 1. The van der Waals surface area contributed by atoms with Crippen LogP contribution in [0.15, 0.2) is 52.9 Å². The van der Waals surface area contributed by atoms with Crippen LogP contribution in [0.25, 0.3) is 0 Å². The SMILES string of the molecule is COC(=O)CCSc1ccc(OCc2ccccc2)c(Nc2nc(C)cs2)n1. The molecule has 146 valence electrons. The minimum atomic E-state index is -0.230. The number of methoxy groups -OCH3 is 1. The summed E-state index contributed by atoms with van der Waals surface area (Å²) < 4.78 is 10.7. The summed E-state index contributed by atoms with van der Waals surface area (Å²) in [5.74, 6) is 1.62. The average Bonchev–Trinajstić information content (AvgIpc) is 3.12. The lowest BCUT2D eigenvalue weighted by molar-refractivity contribution is -0.140. The summed E-state index contributed by atoms with van der Waals surface area (Å²) in [5.41, 5.74) is 2.03. The molecule has 0 amide bonds. The molecule has 3 rings (SSSR count). The number of pyridine rings is 1. The van der Waals surface area contributed by atoms with Crippen molar-refractivity contribution in [1.82, 2.24) is 9.97 Å². The number of hydrogen-bond acceptors (Lipinski definition) is 8. The van der Waals surface area contributed by atoms with Gasteiger partial charge in [-0.3, -0.25) is 4.79 Å². The number of carbonyl (C=O) groups excluding carboxylic acids is 1. The Morgan fingerprint density at radius 2 is 2.00 bits per heavy atom. The van der Waals surface area contributed by atoms with Crippen molar-refractivity contribution in [3.8, 4) is 5.75 Å². The molecule has 0 aliphatic carbocycles. The van der Waals surface area contributed by atoms with E-state index in [1.165, 1.54) is 30.2 Å². The molecule has 0 atom stereocenters. The van der Waals surface area contributed by atoms with Gasteiger partial charge in [0.25, 0.3) is 0 Å². The van der Waals surface area contributed by atoms with Crippen molar-refractivity contribution >= 4 is 40.0 Å². The van der Waals surface area contributed by atoms with E-state index in [9.17, 15) is 4.79 Å². The average molecular weight is 416 g/mol. The number of nitrogens with one attached hydrogen (secondary N) is 1. The predicted molar refractivity (Wildman–Crippen MR) is 113 cm³/mol. The first kappa shape index (κ1) is 20.2. The summed E-state index contributed by atoms with van der Waals surface area (Å²) in [7, 11) is 1.39. The standard InChI is InChI=1S/C20H21N3O3S2/c1-14-13-28-20(21-14)23-19-16(26-12-15-6-4-3-5-7-15)8-9-17(22-19)27-11-10-18(24)25-2/h3-9,13H,10-12H2,1-2H3,(H,21,22,23). The van der Waals surface area contributed by atoms with Crippen LogP contribution in [0, 0.1) is 6.92 Å². The normalized spacial score (nSPS) is 10.5. The second kappa shape index (κ2) is 10.1. The smallest absolute Gasteiger partial charge is 0.306 e. The fourth-order valence-corrected chi connectivity index (χ4v) is 3.79. The lowest BCUT2D eigenvalue weighted by atomic mass is 10.2. The van der Waals surface area contributed by atoms with Crippen LogP contribution in [-0.4, -0.2) is 28.8 Å². The van der Waals surface area contributed by atoms with Crippen LogP contribution in [0.1, 0.15) is 17.7 Å². The van der Waals surface area contributed by atoms with Crippen molar-refractivity contribution < 1.29 is 14.3 Å². The molecule has 0 spiro atoms. The van der Waals surface area contributed by atoms with Gasteiger partial charge in [-0.15, -0.1) is 23.1 Å². The monoisotopic (exact) mass is 415 g/mol. The predicted octanol–water partition coefficient (Wildman–Crippen LogP) is 4.82. The summed E-state index contributed by atoms with van der Waals surface area (Å²) in [4.78, 5) is 20.4. The minimum Gasteiger partial charge on any atom is -0.485 e. The van der Waals surface area contributed by atoms with E-state index >= 15 is 0 Å². The molecule has 28 heavy (non-hydrogen) atoms. The van der Waals surface area contributed by atoms with Gasteiger partial charge in [0.05, 0.1) is 24.3 Å². The van der Waals surface area contributed by atoms with Crippen LogP contribution < -0.4 is 10.1 Å². The molecular formula is C20H21N3O3S2. The van der Waals surface area contributed by atoms with E-state index in [1.54, 1.807) is 0 Å². The van der Waals surface area contributed by atoms with E-state index in [1.807, 2.05) is 54.8 Å². The van der Waals surface area contributed by atoms with Gasteiger partial charge in [0.2, 0.25) is 0 Å². The Morgan fingerprint density at radius 1 is 1.18 bits per heavy atom. The number of nitrogens with zero attached hydrogens (tertiary/aromatic N) is 2. The third kappa shape index (κ3) is 5.97. The molecular weight excluding hydrogens is 394 g/mol. The van der Waals surface area contributed by atoms with E-state index < -0.39 is 0 Å². The van der Waals surface area contributed by atoms with Crippen LogP contribution in [0.3, 0.4) is 0 Å². The molecule has 8 heteroatoms. The fraction of sp³-hybridized carbons (Fsp3) is 0.250. The molecule has 0 bridgehead atoms.